The Labute approximate surface area is 150 Å². The predicted molar refractivity (Wildman–Crippen MR) is 93.9 cm³/mol. The minimum atomic E-state index is -0.320. The smallest absolute Gasteiger partial charge is 0.230 e. The number of benzene rings is 1. The molecule has 134 valence electrons. The standard InChI is InChI=1S/C17H21FN4O2S/c1-11(9-24-2)19-15(23)10-25-17-21-20-16(22(17)12-7-8-12)13-5-3-4-6-14(13)18/h3-6,11-12H,7-10H2,1-2H3,(H,19,23). The maximum absolute atomic E-state index is 14.1. The Morgan fingerprint density at radius 1 is 1.44 bits per heavy atom. The first-order chi connectivity index (χ1) is 12.1. The van der Waals surface area contributed by atoms with E-state index in [9.17, 15) is 9.18 Å². The molecular formula is C17H21FN4O2S. The van der Waals surface area contributed by atoms with Gasteiger partial charge in [0.2, 0.25) is 5.91 Å². The number of rotatable bonds is 8. The first kappa shape index (κ1) is 17.9. The summed E-state index contributed by atoms with van der Waals surface area (Å²) in [6.07, 6.45) is 2.04. The number of aromatic nitrogens is 3. The van der Waals surface area contributed by atoms with Gasteiger partial charge in [-0.1, -0.05) is 23.9 Å². The van der Waals surface area contributed by atoms with Gasteiger partial charge in [-0.25, -0.2) is 4.39 Å². The Morgan fingerprint density at radius 2 is 2.20 bits per heavy atom. The number of ether oxygens (including phenoxy) is 1. The molecule has 3 rings (SSSR count). The minimum absolute atomic E-state index is 0.0478. The summed E-state index contributed by atoms with van der Waals surface area (Å²) in [4.78, 5) is 12.0. The van der Waals surface area contributed by atoms with Crippen LogP contribution in [0.15, 0.2) is 29.4 Å². The van der Waals surface area contributed by atoms with Crippen molar-refractivity contribution < 1.29 is 13.9 Å². The van der Waals surface area contributed by atoms with Crippen LogP contribution in [0, 0.1) is 5.82 Å². The molecule has 8 heteroatoms. The van der Waals surface area contributed by atoms with Gasteiger partial charge in [0.15, 0.2) is 11.0 Å². The molecule has 1 fully saturated rings. The molecule has 1 atom stereocenters. The average molecular weight is 364 g/mol. The lowest BCUT2D eigenvalue weighted by Gasteiger charge is -2.13. The van der Waals surface area contributed by atoms with Gasteiger partial charge in [0.25, 0.3) is 0 Å². The summed E-state index contributed by atoms with van der Waals surface area (Å²) in [6.45, 7) is 2.35. The van der Waals surface area contributed by atoms with Crippen molar-refractivity contribution in [3.8, 4) is 11.4 Å². The summed E-state index contributed by atoms with van der Waals surface area (Å²) in [6, 6.07) is 6.78. The van der Waals surface area contributed by atoms with E-state index in [-0.39, 0.29) is 29.6 Å². The SMILES string of the molecule is COCC(C)NC(=O)CSc1nnc(-c2ccccc2F)n1C1CC1. The molecule has 1 aromatic heterocycles. The van der Waals surface area contributed by atoms with E-state index in [2.05, 4.69) is 15.5 Å². The summed E-state index contributed by atoms with van der Waals surface area (Å²) in [7, 11) is 1.60. The molecule has 25 heavy (non-hydrogen) atoms. The molecule has 0 saturated heterocycles. The molecule has 2 aromatic rings. The third-order valence-electron chi connectivity index (χ3n) is 3.85. The summed E-state index contributed by atoms with van der Waals surface area (Å²) in [5, 5.41) is 11.9. The number of amides is 1. The number of carbonyl (C=O) groups excluding carboxylic acids is 1. The van der Waals surface area contributed by atoms with E-state index < -0.39 is 0 Å². The van der Waals surface area contributed by atoms with Crippen molar-refractivity contribution in [3.63, 3.8) is 0 Å². The van der Waals surface area contributed by atoms with E-state index >= 15 is 0 Å². The molecular weight excluding hydrogens is 343 g/mol. The third kappa shape index (κ3) is 4.38. The first-order valence-corrected chi connectivity index (χ1v) is 9.19. The van der Waals surface area contributed by atoms with Crippen LogP contribution in [0.4, 0.5) is 4.39 Å². The van der Waals surface area contributed by atoms with Crippen molar-refractivity contribution in [1.82, 2.24) is 20.1 Å². The van der Waals surface area contributed by atoms with Crippen molar-refractivity contribution in [3.05, 3.63) is 30.1 Å². The van der Waals surface area contributed by atoms with Crippen molar-refractivity contribution in [2.75, 3.05) is 19.5 Å². The molecule has 0 aliphatic heterocycles. The van der Waals surface area contributed by atoms with E-state index in [4.69, 9.17) is 4.74 Å². The molecule has 6 nitrogen and oxygen atoms in total. The zero-order valence-corrected chi connectivity index (χ0v) is 15.1. The first-order valence-electron chi connectivity index (χ1n) is 8.21. The fourth-order valence-electron chi connectivity index (χ4n) is 2.60. The highest BCUT2D eigenvalue weighted by atomic mass is 32.2. The maximum Gasteiger partial charge on any atom is 0.230 e. The third-order valence-corrected chi connectivity index (χ3v) is 4.79. The molecule has 1 N–H and O–H groups in total. The van der Waals surface area contributed by atoms with Crippen LogP contribution in [0.1, 0.15) is 25.8 Å². The van der Waals surface area contributed by atoms with Gasteiger partial charge in [-0.2, -0.15) is 0 Å². The zero-order valence-electron chi connectivity index (χ0n) is 14.2. The van der Waals surface area contributed by atoms with E-state index in [1.807, 2.05) is 11.5 Å². The molecule has 1 aromatic carbocycles. The van der Waals surface area contributed by atoms with Gasteiger partial charge < -0.3 is 10.1 Å². The molecule has 0 radical (unpaired) electrons. The van der Waals surface area contributed by atoms with Gasteiger partial charge >= 0.3 is 0 Å². The number of hydrogen-bond donors (Lipinski definition) is 1. The van der Waals surface area contributed by atoms with Gasteiger partial charge in [0, 0.05) is 19.2 Å². The Morgan fingerprint density at radius 3 is 2.88 bits per heavy atom. The number of carbonyl (C=O) groups is 1. The summed E-state index contributed by atoms with van der Waals surface area (Å²) in [5.41, 5.74) is 0.437. The zero-order chi connectivity index (χ0) is 17.8. The highest BCUT2D eigenvalue weighted by molar-refractivity contribution is 7.99. The van der Waals surface area contributed by atoms with E-state index in [0.717, 1.165) is 12.8 Å². The van der Waals surface area contributed by atoms with Gasteiger partial charge in [-0.3, -0.25) is 9.36 Å². The summed E-state index contributed by atoms with van der Waals surface area (Å²) < 4.78 is 21.1. The lowest BCUT2D eigenvalue weighted by molar-refractivity contribution is -0.119. The average Bonchev–Trinajstić information content (AvgIpc) is 3.33. The number of thioether (sulfide) groups is 1. The quantitative estimate of drug-likeness (QED) is 0.730. The van der Waals surface area contributed by atoms with E-state index in [1.54, 1.807) is 25.3 Å². The Balaban J connectivity index is 1.73. The Bertz CT molecular complexity index is 748. The lowest BCUT2D eigenvalue weighted by atomic mass is 10.2. The van der Waals surface area contributed by atoms with Crippen molar-refractivity contribution in [2.24, 2.45) is 0 Å². The van der Waals surface area contributed by atoms with Crippen LogP contribution >= 0.6 is 11.8 Å². The van der Waals surface area contributed by atoms with Crippen LogP contribution in [0.3, 0.4) is 0 Å². The van der Waals surface area contributed by atoms with E-state index in [1.165, 1.54) is 17.8 Å². The lowest BCUT2D eigenvalue weighted by Crippen LogP contribution is -2.36. The molecule has 1 aliphatic rings. The Kier molecular flexibility index (Phi) is 5.70. The van der Waals surface area contributed by atoms with Crippen LogP contribution in [-0.4, -0.2) is 46.2 Å². The molecule has 1 saturated carbocycles. The second kappa shape index (κ2) is 7.97. The number of methoxy groups -OCH3 is 1. The van der Waals surface area contributed by atoms with Crippen LogP contribution in [0.2, 0.25) is 0 Å². The molecule has 1 amide bonds. The normalized spacial score (nSPS) is 15.2. The minimum Gasteiger partial charge on any atom is -0.383 e. The topological polar surface area (TPSA) is 69.0 Å². The van der Waals surface area contributed by atoms with Crippen LogP contribution < -0.4 is 5.32 Å². The summed E-state index contributed by atoms with van der Waals surface area (Å²) in [5.74, 6) is 0.346. The van der Waals surface area contributed by atoms with Gasteiger partial charge in [-0.15, -0.1) is 10.2 Å². The summed E-state index contributed by atoms with van der Waals surface area (Å²) >= 11 is 1.32. The fraction of sp³-hybridized carbons (Fsp3) is 0.471. The number of nitrogens with one attached hydrogen (secondary N) is 1. The number of hydrogen-bond acceptors (Lipinski definition) is 5. The monoisotopic (exact) mass is 364 g/mol. The molecule has 0 spiro atoms. The molecule has 0 bridgehead atoms. The largest absolute Gasteiger partial charge is 0.383 e. The van der Waals surface area contributed by atoms with E-state index in [0.29, 0.717) is 23.2 Å². The van der Waals surface area contributed by atoms with Crippen LogP contribution in [0.25, 0.3) is 11.4 Å². The van der Waals surface area contributed by atoms with Gasteiger partial charge in [0.05, 0.1) is 17.9 Å². The van der Waals surface area contributed by atoms with Crippen LogP contribution in [-0.2, 0) is 9.53 Å². The number of nitrogens with zero attached hydrogens (tertiary/aromatic N) is 3. The second-order valence-electron chi connectivity index (χ2n) is 6.10. The highest BCUT2D eigenvalue weighted by Crippen LogP contribution is 2.41. The molecule has 1 unspecified atom stereocenters. The van der Waals surface area contributed by atoms with Crippen molar-refractivity contribution in [1.29, 1.82) is 0 Å². The highest BCUT2D eigenvalue weighted by Gasteiger charge is 2.31. The van der Waals surface area contributed by atoms with Crippen molar-refractivity contribution >= 4 is 17.7 Å². The van der Waals surface area contributed by atoms with Crippen molar-refractivity contribution in [2.45, 2.75) is 37.0 Å². The fourth-order valence-corrected chi connectivity index (χ4v) is 3.42. The molecule has 1 aliphatic carbocycles. The molecule has 1 heterocycles. The van der Waals surface area contributed by atoms with Gasteiger partial charge in [-0.05, 0) is 31.9 Å². The van der Waals surface area contributed by atoms with Crippen LogP contribution in [0.5, 0.6) is 0 Å². The predicted octanol–water partition coefficient (Wildman–Crippen LogP) is 2.66. The maximum atomic E-state index is 14.1. The number of halogens is 1. The Hall–Kier alpha value is -1.93. The second-order valence-corrected chi connectivity index (χ2v) is 7.04. The van der Waals surface area contributed by atoms with Gasteiger partial charge in [0.1, 0.15) is 5.82 Å².